The quantitative estimate of drug-likeness (QED) is 0.782. The number of methoxy groups -OCH3 is 1. The van der Waals surface area contributed by atoms with E-state index >= 15 is 0 Å². The van der Waals surface area contributed by atoms with E-state index in [1.165, 1.54) is 7.11 Å². The first-order valence-electron chi connectivity index (χ1n) is 7.66. The van der Waals surface area contributed by atoms with E-state index in [9.17, 15) is 9.59 Å². The Morgan fingerprint density at radius 3 is 2.83 bits per heavy atom. The number of rotatable bonds is 7. The van der Waals surface area contributed by atoms with Crippen LogP contribution in [0, 0.1) is 0 Å². The summed E-state index contributed by atoms with van der Waals surface area (Å²) in [7, 11) is 1.47. The van der Waals surface area contributed by atoms with Crippen molar-refractivity contribution in [2.45, 2.75) is 32.0 Å². The van der Waals surface area contributed by atoms with Gasteiger partial charge >= 0.3 is 0 Å². The Hall–Kier alpha value is -2.41. The zero-order valence-corrected chi connectivity index (χ0v) is 13.0. The molecule has 23 heavy (non-hydrogen) atoms. The second kappa shape index (κ2) is 6.78. The van der Waals surface area contributed by atoms with Gasteiger partial charge in [-0.25, -0.2) is 4.98 Å². The van der Waals surface area contributed by atoms with E-state index in [0.717, 1.165) is 23.9 Å². The molecular formula is C16H20N4O3. The van der Waals surface area contributed by atoms with Gasteiger partial charge in [0.05, 0.1) is 17.6 Å². The van der Waals surface area contributed by atoms with E-state index in [1.807, 2.05) is 28.8 Å². The number of hydrogen-bond acceptors (Lipinski definition) is 4. The Balaban J connectivity index is 1.78. The van der Waals surface area contributed by atoms with Crippen molar-refractivity contribution in [1.82, 2.24) is 20.2 Å². The minimum atomic E-state index is -0.214. The molecule has 1 fully saturated rings. The standard InChI is InChI=1S/C16H20N4O3/c1-23-10-16(22)17-8-14-19-12-4-2-3-5-13(12)20(14)9-15(21)18-11-6-7-11/h2-5,11H,6-10H2,1H3,(H,17,22)(H,18,21). The van der Waals surface area contributed by atoms with Crippen LogP contribution >= 0.6 is 0 Å². The van der Waals surface area contributed by atoms with Crippen LogP contribution in [0.1, 0.15) is 18.7 Å². The fourth-order valence-electron chi connectivity index (χ4n) is 2.44. The van der Waals surface area contributed by atoms with Gasteiger partial charge in [0.25, 0.3) is 0 Å². The second-order valence-electron chi connectivity index (χ2n) is 5.65. The molecule has 7 heteroatoms. The number of carbonyl (C=O) groups excluding carboxylic acids is 2. The van der Waals surface area contributed by atoms with Crippen molar-refractivity contribution in [1.29, 1.82) is 0 Å². The Bertz CT molecular complexity index is 721. The highest BCUT2D eigenvalue weighted by molar-refractivity contribution is 5.81. The van der Waals surface area contributed by atoms with Gasteiger partial charge in [-0.05, 0) is 25.0 Å². The average Bonchev–Trinajstić information content (AvgIpc) is 3.27. The molecule has 1 heterocycles. The molecule has 0 saturated heterocycles. The van der Waals surface area contributed by atoms with Crippen LogP contribution in [0.3, 0.4) is 0 Å². The predicted octanol–water partition coefficient (Wildman–Crippen LogP) is 0.577. The molecular weight excluding hydrogens is 296 g/mol. The second-order valence-corrected chi connectivity index (χ2v) is 5.65. The molecule has 0 atom stereocenters. The molecule has 7 nitrogen and oxygen atoms in total. The van der Waals surface area contributed by atoms with Crippen molar-refractivity contribution in [3.63, 3.8) is 0 Å². The number of benzene rings is 1. The summed E-state index contributed by atoms with van der Waals surface area (Å²) >= 11 is 0. The Morgan fingerprint density at radius 2 is 2.09 bits per heavy atom. The van der Waals surface area contributed by atoms with Crippen LogP contribution < -0.4 is 10.6 Å². The van der Waals surface area contributed by atoms with Gasteiger partial charge in [-0.1, -0.05) is 12.1 Å². The molecule has 0 spiro atoms. The summed E-state index contributed by atoms with van der Waals surface area (Å²) in [5, 5.41) is 5.72. The molecule has 3 rings (SSSR count). The normalized spacial score (nSPS) is 14.0. The van der Waals surface area contributed by atoms with Crippen molar-refractivity contribution in [3.05, 3.63) is 30.1 Å². The van der Waals surface area contributed by atoms with Crippen LogP contribution in [0.2, 0.25) is 0 Å². The van der Waals surface area contributed by atoms with Gasteiger partial charge in [-0.3, -0.25) is 9.59 Å². The van der Waals surface area contributed by atoms with Crippen molar-refractivity contribution >= 4 is 22.8 Å². The zero-order valence-electron chi connectivity index (χ0n) is 13.0. The first kappa shape index (κ1) is 15.5. The topological polar surface area (TPSA) is 85.2 Å². The molecule has 0 bridgehead atoms. The highest BCUT2D eigenvalue weighted by atomic mass is 16.5. The fourth-order valence-corrected chi connectivity index (χ4v) is 2.44. The highest BCUT2D eigenvalue weighted by Crippen LogP contribution is 2.19. The van der Waals surface area contributed by atoms with Gasteiger partial charge in [0, 0.05) is 13.2 Å². The van der Waals surface area contributed by atoms with Crippen molar-refractivity contribution < 1.29 is 14.3 Å². The van der Waals surface area contributed by atoms with Gasteiger partial charge < -0.3 is 19.9 Å². The van der Waals surface area contributed by atoms with Gasteiger partial charge in [-0.2, -0.15) is 0 Å². The smallest absolute Gasteiger partial charge is 0.246 e. The lowest BCUT2D eigenvalue weighted by atomic mass is 10.3. The van der Waals surface area contributed by atoms with Crippen LogP contribution in [0.25, 0.3) is 11.0 Å². The third-order valence-corrected chi connectivity index (χ3v) is 3.70. The third-order valence-electron chi connectivity index (χ3n) is 3.70. The van der Waals surface area contributed by atoms with Crippen LogP contribution in [-0.4, -0.2) is 41.1 Å². The fraction of sp³-hybridized carbons (Fsp3) is 0.438. The van der Waals surface area contributed by atoms with Crippen molar-refractivity contribution in [2.24, 2.45) is 0 Å². The summed E-state index contributed by atoms with van der Waals surface area (Å²) in [5.74, 6) is 0.412. The Morgan fingerprint density at radius 1 is 1.30 bits per heavy atom. The number of imidazole rings is 1. The Kier molecular flexibility index (Phi) is 4.57. The molecule has 1 aromatic heterocycles. The lowest BCUT2D eigenvalue weighted by molar-refractivity contribution is -0.125. The van der Waals surface area contributed by atoms with Crippen LogP contribution in [0.4, 0.5) is 0 Å². The van der Waals surface area contributed by atoms with Gasteiger partial charge in [-0.15, -0.1) is 0 Å². The first-order chi connectivity index (χ1) is 11.2. The maximum absolute atomic E-state index is 12.1. The number of nitrogens with one attached hydrogen (secondary N) is 2. The lowest BCUT2D eigenvalue weighted by Gasteiger charge is -2.10. The van der Waals surface area contributed by atoms with Gasteiger partial charge in [0.1, 0.15) is 19.0 Å². The maximum Gasteiger partial charge on any atom is 0.246 e. The number of carbonyl (C=O) groups is 2. The monoisotopic (exact) mass is 316 g/mol. The lowest BCUT2D eigenvalue weighted by Crippen LogP contribution is -2.31. The van der Waals surface area contributed by atoms with E-state index < -0.39 is 0 Å². The summed E-state index contributed by atoms with van der Waals surface area (Å²) in [4.78, 5) is 28.2. The summed E-state index contributed by atoms with van der Waals surface area (Å²) < 4.78 is 6.64. The molecule has 0 unspecified atom stereocenters. The third kappa shape index (κ3) is 3.87. The van der Waals surface area contributed by atoms with E-state index in [0.29, 0.717) is 11.9 Å². The highest BCUT2D eigenvalue weighted by Gasteiger charge is 2.24. The van der Waals surface area contributed by atoms with Crippen LogP contribution in [0.5, 0.6) is 0 Å². The molecule has 1 aliphatic carbocycles. The number of ether oxygens (including phenoxy) is 1. The molecule has 1 saturated carbocycles. The van der Waals surface area contributed by atoms with E-state index in [2.05, 4.69) is 15.6 Å². The molecule has 0 radical (unpaired) electrons. The number of nitrogens with zero attached hydrogens (tertiary/aromatic N) is 2. The molecule has 122 valence electrons. The minimum absolute atomic E-state index is 0.00238. The zero-order chi connectivity index (χ0) is 16.2. The van der Waals surface area contributed by atoms with Gasteiger partial charge in [0.15, 0.2) is 0 Å². The molecule has 2 N–H and O–H groups in total. The number of fused-ring (bicyclic) bond motifs is 1. The summed E-state index contributed by atoms with van der Waals surface area (Å²) in [5.41, 5.74) is 1.69. The molecule has 2 amide bonds. The van der Waals surface area contributed by atoms with E-state index in [-0.39, 0.29) is 31.5 Å². The molecule has 2 aromatic rings. The van der Waals surface area contributed by atoms with Gasteiger partial charge in [0.2, 0.25) is 11.8 Å². The number of amides is 2. The first-order valence-corrected chi connectivity index (χ1v) is 7.66. The number of aromatic nitrogens is 2. The van der Waals surface area contributed by atoms with Crippen LogP contribution in [0.15, 0.2) is 24.3 Å². The predicted molar refractivity (Wildman–Crippen MR) is 84.6 cm³/mol. The maximum atomic E-state index is 12.1. The molecule has 0 aliphatic heterocycles. The minimum Gasteiger partial charge on any atom is -0.375 e. The number of hydrogen-bond donors (Lipinski definition) is 2. The summed E-state index contributed by atoms with van der Waals surface area (Å²) in [6.45, 7) is 0.461. The molecule has 1 aromatic carbocycles. The van der Waals surface area contributed by atoms with Crippen molar-refractivity contribution in [3.8, 4) is 0 Å². The summed E-state index contributed by atoms with van der Waals surface area (Å²) in [6, 6.07) is 7.95. The average molecular weight is 316 g/mol. The van der Waals surface area contributed by atoms with E-state index in [1.54, 1.807) is 0 Å². The number of para-hydroxylation sites is 2. The largest absolute Gasteiger partial charge is 0.375 e. The van der Waals surface area contributed by atoms with E-state index in [4.69, 9.17) is 4.74 Å². The molecule has 1 aliphatic rings. The van der Waals surface area contributed by atoms with Crippen molar-refractivity contribution in [2.75, 3.05) is 13.7 Å². The Labute approximate surface area is 134 Å². The summed E-state index contributed by atoms with van der Waals surface area (Å²) in [6.07, 6.45) is 2.10. The SMILES string of the molecule is COCC(=O)NCc1nc2ccccc2n1CC(=O)NC1CC1. The van der Waals surface area contributed by atoms with Crippen LogP contribution in [-0.2, 0) is 27.4 Å².